The summed E-state index contributed by atoms with van der Waals surface area (Å²) in [5.41, 5.74) is 10.4. The maximum absolute atomic E-state index is 9.79. The first-order valence-electron chi connectivity index (χ1n) is 8.61. The number of nitriles is 1. The highest BCUT2D eigenvalue weighted by Crippen LogP contribution is 2.41. The van der Waals surface area contributed by atoms with Crippen LogP contribution in [-0.2, 0) is 0 Å². The minimum absolute atomic E-state index is 0.196. The fourth-order valence-corrected chi connectivity index (χ4v) is 3.23. The molecular formula is C22H21N3O3. The number of nitrogens with two attached hydrogens (primary N) is 1. The van der Waals surface area contributed by atoms with Gasteiger partial charge in [0.15, 0.2) is 11.5 Å². The number of pyridine rings is 1. The lowest BCUT2D eigenvalue weighted by molar-refractivity contribution is 0.355. The molecule has 0 unspecified atom stereocenters. The number of benzene rings is 2. The Labute approximate surface area is 164 Å². The van der Waals surface area contributed by atoms with E-state index in [4.69, 9.17) is 19.9 Å². The third kappa shape index (κ3) is 3.30. The highest BCUT2D eigenvalue weighted by atomic mass is 16.5. The first-order chi connectivity index (χ1) is 13.5. The number of hydrogen-bond donors (Lipinski definition) is 1. The van der Waals surface area contributed by atoms with Crippen LogP contribution in [0, 0.1) is 18.3 Å². The molecule has 2 N–H and O–H groups in total. The van der Waals surface area contributed by atoms with Crippen molar-refractivity contribution in [1.82, 2.24) is 4.98 Å². The molecule has 0 spiro atoms. The number of rotatable bonds is 5. The van der Waals surface area contributed by atoms with E-state index in [0.29, 0.717) is 22.6 Å². The largest absolute Gasteiger partial charge is 0.497 e. The van der Waals surface area contributed by atoms with E-state index in [1.54, 1.807) is 27.4 Å². The van der Waals surface area contributed by atoms with E-state index in [2.05, 4.69) is 11.1 Å². The summed E-state index contributed by atoms with van der Waals surface area (Å²) in [7, 11) is 4.77. The summed E-state index contributed by atoms with van der Waals surface area (Å²) in [4.78, 5) is 4.39. The molecule has 6 nitrogen and oxygen atoms in total. The molecule has 0 atom stereocenters. The highest BCUT2D eigenvalue weighted by Gasteiger charge is 2.20. The average molecular weight is 375 g/mol. The van der Waals surface area contributed by atoms with Crippen molar-refractivity contribution in [2.75, 3.05) is 27.1 Å². The van der Waals surface area contributed by atoms with Crippen LogP contribution >= 0.6 is 0 Å². The van der Waals surface area contributed by atoms with Crippen LogP contribution in [0.1, 0.15) is 11.3 Å². The Morgan fingerprint density at radius 3 is 2.07 bits per heavy atom. The van der Waals surface area contributed by atoms with Crippen LogP contribution in [0.15, 0.2) is 42.5 Å². The zero-order valence-corrected chi connectivity index (χ0v) is 16.2. The lowest BCUT2D eigenvalue weighted by atomic mass is 9.90. The smallest absolute Gasteiger partial charge is 0.161 e. The Morgan fingerprint density at radius 1 is 0.857 bits per heavy atom. The summed E-state index contributed by atoms with van der Waals surface area (Å²) in [6, 6.07) is 15.3. The lowest BCUT2D eigenvalue weighted by Crippen LogP contribution is -2.03. The quantitative estimate of drug-likeness (QED) is 0.719. The van der Waals surface area contributed by atoms with Crippen molar-refractivity contribution >= 4 is 5.82 Å². The Morgan fingerprint density at radius 2 is 1.50 bits per heavy atom. The number of aromatic nitrogens is 1. The Bertz CT molecular complexity index is 1050. The summed E-state index contributed by atoms with van der Waals surface area (Å²) in [6.45, 7) is 1.88. The van der Waals surface area contributed by atoms with Crippen LogP contribution in [0.5, 0.6) is 17.2 Å². The minimum Gasteiger partial charge on any atom is -0.497 e. The Kier molecular flexibility index (Phi) is 5.37. The molecule has 28 heavy (non-hydrogen) atoms. The zero-order chi connectivity index (χ0) is 20.3. The van der Waals surface area contributed by atoms with Gasteiger partial charge in [0.05, 0.1) is 21.3 Å². The second kappa shape index (κ2) is 7.89. The minimum atomic E-state index is 0.196. The van der Waals surface area contributed by atoms with Crippen molar-refractivity contribution in [1.29, 1.82) is 5.26 Å². The van der Waals surface area contributed by atoms with E-state index in [9.17, 15) is 5.26 Å². The molecule has 0 saturated heterocycles. The van der Waals surface area contributed by atoms with Gasteiger partial charge in [0.1, 0.15) is 23.2 Å². The van der Waals surface area contributed by atoms with Crippen molar-refractivity contribution < 1.29 is 14.2 Å². The summed E-state index contributed by atoms with van der Waals surface area (Å²) in [6.07, 6.45) is 0. The molecular weight excluding hydrogens is 354 g/mol. The van der Waals surface area contributed by atoms with Gasteiger partial charge in [-0.3, -0.25) is 0 Å². The second-order valence-corrected chi connectivity index (χ2v) is 6.12. The molecule has 0 amide bonds. The van der Waals surface area contributed by atoms with Crippen molar-refractivity contribution in [3.63, 3.8) is 0 Å². The van der Waals surface area contributed by atoms with Gasteiger partial charge in [-0.1, -0.05) is 18.2 Å². The third-order valence-electron chi connectivity index (χ3n) is 4.57. The van der Waals surface area contributed by atoms with Crippen LogP contribution in [0.4, 0.5) is 5.82 Å². The molecule has 0 bridgehead atoms. The molecule has 0 fully saturated rings. The maximum atomic E-state index is 9.79. The number of ether oxygens (including phenoxy) is 3. The van der Waals surface area contributed by atoms with Gasteiger partial charge in [0.2, 0.25) is 0 Å². The van der Waals surface area contributed by atoms with Crippen molar-refractivity contribution in [2.24, 2.45) is 0 Å². The maximum Gasteiger partial charge on any atom is 0.161 e. The van der Waals surface area contributed by atoms with Crippen molar-refractivity contribution in [2.45, 2.75) is 6.92 Å². The van der Waals surface area contributed by atoms with Gasteiger partial charge in [0.25, 0.3) is 0 Å². The molecule has 3 aromatic rings. The molecule has 142 valence electrons. The van der Waals surface area contributed by atoms with Gasteiger partial charge in [-0.05, 0) is 42.3 Å². The van der Waals surface area contributed by atoms with Crippen LogP contribution in [0.2, 0.25) is 0 Å². The first kappa shape index (κ1) is 19.1. The predicted octanol–water partition coefficient (Wildman–Crippen LogP) is 4.20. The van der Waals surface area contributed by atoms with Gasteiger partial charge >= 0.3 is 0 Å². The second-order valence-electron chi connectivity index (χ2n) is 6.12. The monoisotopic (exact) mass is 375 g/mol. The van der Waals surface area contributed by atoms with Gasteiger partial charge < -0.3 is 19.9 Å². The number of methoxy groups -OCH3 is 3. The Hall–Kier alpha value is -3.72. The molecule has 2 aromatic carbocycles. The summed E-state index contributed by atoms with van der Waals surface area (Å²) < 4.78 is 16.0. The number of aryl methyl sites for hydroxylation is 1. The summed E-state index contributed by atoms with van der Waals surface area (Å²) in [5.74, 6) is 2.12. The Balaban J connectivity index is 2.34. The molecule has 0 aliphatic carbocycles. The average Bonchev–Trinajstić information content (AvgIpc) is 2.73. The number of anilines is 1. The summed E-state index contributed by atoms with van der Waals surface area (Å²) >= 11 is 0. The van der Waals surface area contributed by atoms with Gasteiger partial charge in [0, 0.05) is 16.8 Å². The normalized spacial score (nSPS) is 10.2. The first-order valence-corrected chi connectivity index (χ1v) is 8.61. The number of nitrogen functional groups attached to an aromatic ring is 1. The molecule has 6 heteroatoms. The molecule has 0 radical (unpaired) electrons. The fraction of sp³-hybridized carbons (Fsp3) is 0.182. The van der Waals surface area contributed by atoms with Gasteiger partial charge in [-0.2, -0.15) is 5.26 Å². The molecule has 1 heterocycles. The molecule has 3 rings (SSSR count). The zero-order valence-electron chi connectivity index (χ0n) is 16.2. The number of hydrogen-bond acceptors (Lipinski definition) is 6. The number of nitrogens with zero attached hydrogens (tertiary/aromatic N) is 2. The molecule has 1 aromatic heterocycles. The fourth-order valence-electron chi connectivity index (χ4n) is 3.23. The van der Waals surface area contributed by atoms with Crippen LogP contribution < -0.4 is 19.9 Å². The van der Waals surface area contributed by atoms with Crippen LogP contribution in [0.25, 0.3) is 22.3 Å². The molecule has 0 aliphatic rings. The van der Waals surface area contributed by atoms with E-state index in [1.807, 2.05) is 43.3 Å². The standard InChI is InChI=1S/C22H21N3O3/c1-13-20(14-5-8-16(26-2)9-6-14)21(17(12-23)22(24)25-13)15-7-10-18(27-3)19(11-15)28-4/h5-11H,1-4H3,(H2,24,25). The van der Waals surface area contributed by atoms with Crippen LogP contribution in [0.3, 0.4) is 0 Å². The van der Waals surface area contributed by atoms with E-state index < -0.39 is 0 Å². The summed E-state index contributed by atoms with van der Waals surface area (Å²) in [5, 5.41) is 9.79. The molecule has 0 saturated carbocycles. The van der Waals surface area contributed by atoms with E-state index in [0.717, 1.165) is 28.1 Å². The van der Waals surface area contributed by atoms with Crippen molar-refractivity contribution in [3.05, 3.63) is 53.7 Å². The van der Waals surface area contributed by atoms with E-state index in [1.165, 1.54) is 0 Å². The SMILES string of the molecule is COc1ccc(-c2c(C)nc(N)c(C#N)c2-c2ccc(OC)c(OC)c2)cc1. The third-order valence-corrected chi connectivity index (χ3v) is 4.57. The van der Waals surface area contributed by atoms with Crippen molar-refractivity contribution in [3.8, 4) is 45.6 Å². The predicted molar refractivity (Wildman–Crippen MR) is 109 cm³/mol. The molecule has 0 aliphatic heterocycles. The highest BCUT2D eigenvalue weighted by molar-refractivity contribution is 5.91. The van der Waals surface area contributed by atoms with Crippen LogP contribution in [-0.4, -0.2) is 26.3 Å². The van der Waals surface area contributed by atoms with Gasteiger partial charge in [-0.25, -0.2) is 4.98 Å². The topological polar surface area (TPSA) is 90.4 Å². The lowest BCUT2D eigenvalue weighted by Gasteiger charge is -2.18. The van der Waals surface area contributed by atoms with E-state index in [-0.39, 0.29) is 5.82 Å². The van der Waals surface area contributed by atoms with E-state index >= 15 is 0 Å². The van der Waals surface area contributed by atoms with Gasteiger partial charge in [-0.15, -0.1) is 0 Å².